The van der Waals surface area contributed by atoms with Crippen LogP contribution in [0.1, 0.15) is 48.5 Å². The molecule has 4 rings (SSSR count). The summed E-state index contributed by atoms with van der Waals surface area (Å²) in [6.45, 7) is 3.06. The summed E-state index contributed by atoms with van der Waals surface area (Å²) >= 11 is 1.53. The van der Waals surface area contributed by atoms with Gasteiger partial charge in [-0.3, -0.25) is 19.3 Å². The van der Waals surface area contributed by atoms with Crippen molar-refractivity contribution >= 4 is 35.0 Å². The van der Waals surface area contributed by atoms with E-state index in [-0.39, 0.29) is 48.9 Å². The summed E-state index contributed by atoms with van der Waals surface area (Å²) in [6, 6.07) is 8.40. The molecule has 8 nitrogen and oxygen atoms in total. The number of imide groups is 1. The van der Waals surface area contributed by atoms with Gasteiger partial charge in [-0.15, -0.1) is 0 Å². The van der Waals surface area contributed by atoms with E-state index in [1.807, 2.05) is 16.8 Å². The second-order valence-corrected chi connectivity index (χ2v) is 9.74. The number of rotatable bonds is 8. The molecule has 9 heteroatoms. The highest BCUT2D eigenvalue weighted by atomic mass is 32.1. The molecule has 0 saturated carbocycles. The van der Waals surface area contributed by atoms with Crippen LogP contribution in [0.25, 0.3) is 0 Å². The number of hydrogen-bond acceptors (Lipinski definition) is 6. The third-order valence-electron chi connectivity index (χ3n) is 6.86. The first kappa shape index (κ1) is 23.9. The van der Waals surface area contributed by atoms with E-state index in [4.69, 9.17) is 4.74 Å². The predicted octanol–water partition coefficient (Wildman–Crippen LogP) is 3.47. The number of nitrogens with zero attached hydrogens (tertiary/aromatic N) is 2. The Hall–Kier alpha value is -3.20. The fourth-order valence-electron chi connectivity index (χ4n) is 4.71. The molecule has 0 bridgehead atoms. The Labute approximate surface area is 202 Å². The van der Waals surface area contributed by atoms with E-state index in [9.17, 15) is 19.2 Å². The number of urea groups is 1. The van der Waals surface area contributed by atoms with Crippen LogP contribution in [0.3, 0.4) is 0 Å². The molecule has 1 atom stereocenters. The number of hydrogen-bond donors (Lipinski definition) is 1. The average molecular weight is 484 g/mol. The molecule has 1 N–H and O–H groups in total. The van der Waals surface area contributed by atoms with Crippen molar-refractivity contribution in [2.45, 2.75) is 44.7 Å². The molecule has 0 spiro atoms. The van der Waals surface area contributed by atoms with E-state index in [1.54, 1.807) is 43.2 Å². The average Bonchev–Trinajstić information content (AvgIpc) is 3.45. The van der Waals surface area contributed by atoms with E-state index in [0.717, 1.165) is 5.56 Å². The van der Waals surface area contributed by atoms with E-state index in [2.05, 4.69) is 5.32 Å². The first-order valence-corrected chi connectivity index (χ1v) is 12.4. The third kappa shape index (κ3) is 4.84. The number of amides is 4. The Bertz CT molecular complexity index is 1060. The lowest BCUT2D eigenvalue weighted by atomic mass is 9.78. The lowest BCUT2D eigenvalue weighted by Gasteiger charge is -2.39. The number of methoxy groups -OCH3 is 1. The van der Waals surface area contributed by atoms with Gasteiger partial charge in [0.05, 0.1) is 13.7 Å². The minimum absolute atomic E-state index is 0.0543. The molecule has 2 aromatic rings. The van der Waals surface area contributed by atoms with Crippen LogP contribution in [-0.4, -0.2) is 59.2 Å². The number of benzene rings is 1. The number of nitrogens with one attached hydrogen (secondary N) is 1. The number of Topliss-reactive ketones (excluding diaryl/α,β-unsaturated/α-hetero) is 1. The smallest absolute Gasteiger partial charge is 0.325 e. The molecule has 0 aliphatic carbocycles. The summed E-state index contributed by atoms with van der Waals surface area (Å²) in [7, 11) is 1.57. The van der Waals surface area contributed by atoms with Crippen LogP contribution in [0.15, 0.2) is 41.1 Å². The van der Waals surface area contributed by atoms with Crippen LogP contribution in [0.4, 0.5) is 4.79 Å². The van der Waals surface area contributed by atoms with Gasteiger partial charge in [0.1, 0.15) is 11.3 Å². The maximum absolute atomic E-state index is 13.2. The number of carbonyl (C=O) groups is 4. The van der Waals surface area contributed by atoms with Crippen LogP contribution >= 0.6 is 11.3 Å². The molecule has 2 fully saturated rings. The summed E-state index contributed by atoms with van der Waals surface area (Å²) in [5.74, 6) is 0.269. The Morgan fingerprint density at radius 1 is 1.12 bits per heavy atom. The monoisotopic (exact) mass is 483 g/mol. The van der Waals surface area contributed by atoms with E-state index in [0.29, 0.717) is 37.2 Å². The number of thiophene rings is 1. The summed E-state index contributed by atoms with van der Waals surface area (Å²) in [5.41, 5.74) is 0.525. The lowest BCUT2D eigenvalue weighted by Crippen LogP contribution is -2.54. The van der Waals surface area contributed by atoms with Crippen molar-refractivity contribution in [3.63, 3.8) is 0 Å². The minimum atomic E-state index is -0.966. The molecule has 1 aromatic heterocycles. The summed E-state index contributed by atoms with van der Waals surface area (Å²) in [6.07, 6.45) is 1.53. The van der Waals surface area contributed by atoms with Crippen LogP contribution < -0.4 is 10.1 Å². The fourth-order valence-corrected chi connectivity index (χ4v) is 5.37. The van der Waals surface area contributed by atoms with Gasteiger partial charge in [0.25, 0.3) is 5.91 Å². The van der Waals surface area contributed by atoms with Crippen molar-refractivity contribution in [2.24, 2.45) is 5.92 Å². The zero-order chi connectivity index (χ0) is 24.3. The molecule has 0 radical (unpaired) electrons. The molecular weight excluding hydrogens is 454 g/mol. The van der Waals surface area contributed by atoms with Gasteiger partial charge >= 0.3 is 6.03 Å². The van der Waals surface area contributed by atoms with Gasteiger partial charge in [-0.05, 0) is 72.3 Å². The number of ketones is 1. The Morgan fingerprint density at radius 2 is 1.82 bits per heavy atom. The zero-order valence-corrected chi connectivity index (χ0v) is 20.2. The quantitative estimate of drug-likeness (QED) is 0.458. The summed E-state index contributed by atoms with van der Waals surface area (Å²) in [4.78, 5) is 53.8. The molecule has 1 unspecified atom stereocenters. The molecule has 2 aliphatic heterocycles. The van der Waals surface area contributed by atoms with Crippen molar-refractivity contribution in [3.8, 4) is 5.75 Å². The molecule has 2 saturated heterocycles. The summed E-state index contributed by atoms with van der Waals surface area (Å²) in [5, 5.41) is 6.76. The molecule has 3 heterocycles. The predicted molar refractivity (Wildman–Crippen MR) is 128 cm³/mol. The molecule has 4 amide bonds. The first-order chi connectivity index (χ1) is 16.3. The Balaban J connectivity index is 1.28. The van der Waals surface area contributed by atoms with Crippen molar-refractivity contribution in [1.82, 2.24) is 15.1 Å². The zero-order valence-electron chi connectivity index (χ0n) is 19.4. The molecule has 180 valence electrons. The minimum Gasteiger partial charge on any atom is -0.497 e. The highest BCUT2D eigenvalue weighted by Crippen LogP contribution is 2.34. The molecule has 34 heavy (non-hydrogen) atoms. The van der Waals surface area contributed by atoms with Crippen LogP contribution in [0.2, 0.25) is 0 Å². The van der Waals surface area contributed by atoms with Gasteiger partial charge in [0.15, 0.2) is 5.78 Å². The first-order valence-electron chi connectivity index (χ1n) is 11.4. The van der Waals surface area contributed by atoms with Crippen LogP contribution in [0, 0.1) is 5.92 Å². The van der Waals surface area contributed by atoms with Crippen LogP contribution in [0.5, 0.6) is 5.75 Å². The standard InChI is InChI=1S/C25H29N3O5S/c1-25(23(31)28(24(32)26-25)15-17-11-14-34-16-17)19-9-12-27(13-10-19)22(30)8-7-21(29)18-3-5-20(33-2)6-4-18/h3-6,11,14,16,19H,7-10,12-13,15H2,1-2H3,(H,26,32). The molecule has 1 aromatic carbocycles. The van der Waals surface area contributed by atoms with E-state index >= 15 is 0 Å². The molecular formula is C25H29N3O5S. The number of likely N-dealkylation sites (tertiary alicyclic amines) is 1. The highest BCUT2D eigenvalue weighted by Gasteiger charge is 2.52. The second kappa shape index (κ2) is 9.97. The van der Waals surface area contributed by atoms with Gasteiger partial charge in [-0.1, -0.05) is 0 Å². The van der Waals surface area contributed by atoms with E-state index in [1.165, 1.54) is 16.2 Å². The van der Waals surface area contributed by atoms with Gasteiger partial charge in [0.2, 0.25) is 5.91 Å². The van der Waals surface area contributed by atoms with Crippen molar-refractivity contribution < 1.29 is 23.9 Å². The van der Waals surface area contributed by atoms with Crippen molar-refractivity contribution in [1.29, 1.82) is 0 Å². The second-order valence-electron chi connectivity index (χ2n) is 8.96. The number of piperidine rings is 1. The lowest BCUT2D eigenvalue weighted by molar-refractivity contribution is -0.135. The van der Waals surface area contributed by atoms with Crippen molar-refractivity contribution in [2.75, 3.05) is 20.2 Å². The van der Waals surface area contributed by atoms with Gasteiger partial charge in [-0.2, -0.15) is 11.3 Å². The maximum Gasteiger partial charge on any atom is 0.325 e. The Morgan fingerprint density at radius 3 is 2.44 bits per heavy atom. The van der Waals surface area contributed by atoms with Gasteiger partial charge in [-0.25, -0.2) is 4.79 Å². The number of ether oxygens (including phenoxy) is 1. The molecule has 2 aliphatic rings. The highest BCUT2D eigenvalue weighted by molar-refractivity contribution is 7.07. The Kier molecular flexibility index (Phi) is 7.02. The third-order valence-corrected chi connectivity index (χ3v) is 7.60. The summed E-state index contributed by atoms with van der Waals surface area (Å²) < 4.78 is 5.10. The topological polar surface area (TPSA) is 96.0 Å². The van der Waals surface area contributed by atoms with E-state index < -0.39 is 5.54 Å². The fraction of sp³-hybridized carbons (Fsp3) is 0.440. The van der Waals surface area contributed by atoms with Gasteiger partial charge < -0.3 is 15.0 Å². The number of carbonyl (C=O) groups excluding carboxylic acids is 4. The van der Waals surface area contributed by atoms with Crippen LogP contribution in [-0.2, 0) is 16.1 Å². The normalized spacial score (nSPS) is 21.0. The largest absolute Gasteiger partial charge is 0.497 e. The van der Waals surface area contributed by atoms with Gasteiger partial charge in [0, 0.05) is 31.5 Å². The maximum atomic E-state index is 13.2. The van der Waals surface area contributed by atoms with Crippen molar-refractivity contribution in [3.05, 3.63) is 52.2 Å². The SMILES string of the molecule is COc1ccc(C(=O)CCC(=O)N2CCC(C3(C)NC(=O)N(Cc4ccsc4)C3=O)CC2)cc1.